The number of carbonyl (C=O) groups is 1. The summed E-state index contributed by atoms with van der Waals surface area (Å²) in [7, 11) is 0. The number of nitrogens with one attached hydrogen (secondary N) is 2. The summed E-state index contributed by atoms with van der Waals surface area (Å²) in [5.74, 6) is 0.379. The molecule has 1 amide bonds. The zero-order valence-corrected chi connectivity index (χ0v) is 14.6. The predicted octanol–water partition coefficient (Wildman–Crippen LogP) is 2.39. The smallest absolute Gasteiger partial charge is 0.251 e. The first kappa shape index (κ1) is 19.8. The standard InChI is InChI=1S/C18H30N4O2/c1-2-3-4-5-6-7-12-21-18(19)22-14-13-20-17(24)15-8-10-16(23)11-9-15/h8-11,23H,2-7,12-14H2,1H3,(H,20,24)(H3,19,21,22). The van der Waals surface area contributed by atoms with E-state index in [2.05, 4.69) is 22.5 Å². The molecule has 1 aromatic carbocycles. The fraction of sp³-hybridized carbons (Fsp3) is 0.556. The van der Waals surface area contributed by atoms with Gasteiger partial charge in [-0.15, -0.1) is 0 Å². The molecule has 0 unspecified atom stereocenters. The number of amides is 1. The first-order valence-corrected chi connectivity index (χ1v) is 8.74. The van der Waals surface area contributed by atoms with Gasteiger partial charge in [-0.1, -0.05) is 39.0 Å². The predicted molar refractivity (Wildman–Crippen MR) is 98.3 cm³/mol. The Morgan fingerprint density at radius 3 is 2.38 bits per heavy atom. The van der Waals surface area contributed by atoms with Crippen molar-refractivity contribution in [3.63, 3.8) is 0 Å². The maximum atomic E-state index is 11.8. The molecule has 0 aliphatic rings. The van der Waals surface area contributed by atoms with Gasteiger partial charge in [0.1, 0.15) is 5.75 Å². The average Bonchev–Trinajstić information content (AvgIpc) is 2.58. The van der Waals surface area contributed by atoms with Crippen LogP contribution in [0.1, 0.15) is 55.8 Å². The van der Waals surface area contributed by atoms with Crippen LogP contribution in [0.5, 0.6) is 5.75 Å². The van der Waals surface area contributed by atoms with Gasteiger partial charge in [0.2, 0.25) is 0 Å². The van der Waals surface area contributed by atoms with Gasteiger partial charge in [-0.3, -0.25) is 9.79 Å². The molecule has 0 fully saturated rings. The van der Waals surface area contributed by atoms with E-state index in [-0.39, 0.29) is 11.7 Å². The first-order chi connectivity index (χ1) is 11.6. The summed E-state index contributed by atoms with van der Waals surface area (Å²) in [5.41, 5.74) is 6.29. The molecule has 0 spiro atoms. The van der Waals surface area contributed by atoms with Crippen LogP contribution in [0, 0.1) is 0 Å². The van der Waals surface area contributed by atoms with E-state index in [9.17, 15) is 9.90 Å². The van der Waals surface area contributed by atoms with Crippen LogP contribution in [0.2, 0.25) is 0 Å². The number of hydrogen-bond donors (Lipinski definition) is 4. The van der Waals surface area contributed by atoms with Crippen LogP contribution in [0.3, 0.4) is 0 Å². The molecule has 0 aliphatic heterocycles. The van der Waals surface area contributed by atoms with Crippen LogP contribution < -0.4 is 16.4 Å². The van der Waals surface area contributed by atoms with E-state index in [1.54, 1.807) is 12.1 Å². The van der Waals surface area contributed by atoms with Crippen molar-refractivity contribution < 1.29 is 9.90 Å². The maximum absolute atomic E-state index is 11.8. The minimum absolute atomic E-state index is 0.141. The summed E-state index contributed by atoms with van der Waals surface area (Å²) in [6.45, 7) is 3.93. The van der Waals surface area contributed by atoms with E-state index in [0.29, 0.717) is 24.6 Å². The van der Waals surface area contributed by atoms with Gasteiger partial charge in [0.15, 0.2) is 5.96 Å². The summed E-state index contributed by atoms with van der Waals surface area (Å²) in [6, 6.07) is 6.13. The Morgan fingerprint density at radius 1 is 1.04 bits per heavy atom. The second-order valence-electron chi connectivity index (χ2n) is 5.76. The lowest BCUT2D eigenvalue weighted by Crippen LogP contribution is -2.38. The normalized spacial score (nSPS) is 11.3. The van der Waals surface area contributed by atoms with Gasteiger partial charge in [-0.25, -0.2) is 0 Å². The maximum Gasteiger partial charge on any atom is 0.251 e. The van der Waals surface area contributed by atoms with Gasteiger partial charge in [0, 0.05) is 25.2 Å². The fourth-order valence-corrected chi connectivity index (χ4v) is 2.23. The Labute approximate surface area is 144 Å². The van der Waals surface area contributed by atoms with Crippen molar-refractivity contribution in [3.8, 4) is 5.75 Å². The van der Waals surface area contributed by atoms with Gasteiger partial charge in [-0.2, -0.15) is 0 Å². The van der Waals surface area contributed by atoms with E-state index >= 15 is 0 Å². The van der Waals surface area contributed by atoms with Crippen LogP contribution in [0.4, 0.5) is 0 Å². The summed E-state index contributed by atoms with van der Waals surface area (Å²) in [6.07, 6.45) is 7.39. The van der Waals surface area contributed by atoms with Gasteiger partial charge < -0.3 is 21.5 Å². The number of hydrogen-bond acceptors (Lipinski definition) is 3. The Hall–Kier alpha value is -2.24. The fourth-order valence-electron chi connectivity index (χ4n) is 2.23. The zero-order valence-electron chi connectivity index (χ0n) is 14.6. The molecule has 134 valence electrons. The monoisotopic (exact) mass is 334 g/mol. The third kappa shape index (κ3) is 9.02. The lowest BCUT2D eigenvalue weighted by Gasteiger charge is -2.08. The van der Waals surface area contributed by atoms with Gasteiger partial charge in [0.25, 0.3) is 5.91 Å². The lowest BCUT2D eigenvalue weighted by molar-refractivity contribution is 0.0954. The molecule has 24 heavy (non-hydrogen) atoms. The summed E-state index contributed by atoms with van der Waals surface area (Å²) in [5, 5.41) is 14.9. The highest BCUT2D eigenvalue weighted by Gasteiger charge is 2.04. The molecule has 0 aliphatic carbocycles. The van der Waals surface area contributed by atoms with Gasteiger partial charge in [-0.05, 0) is 30.7 Å². The molecule has 5 N–H and O–H groups in total. The summed E-state index contributed by atoms with van der Waals surface area (Å²) in [4.78, 5) is 16.1. The highest BCUT2D eigenvalue weighted by molar-refractivity contribution is 5.94. The number of phenolic OH excluding ortho intramolecular Hbond substituents is 1. The number of nitrogens with zero attached hydrogens (tertiary/aromatic N) is 1. The van der Waals surface area contributed by atoms with Crippen molar-refractivity contribution in [1.82, 2.24) is 10.6 Å². The molecule has 0 saturated heterocycles. The van der Waals surface area contributed by atoms with Gasteiger partial charge in [0.05, 0.1) is 0 Å². The Balaban J connectivity index is 2.08. The van der Waals surface area contributed by atoms with Crippen LogP contribution in [0.15, 0.2) is 29.3 Å². The molecule has 0 bridgehead atoms. The minimum atomic E-state index is -0.181. The second kappa shape index (κ2) is 12.2. The SMILES string of the molecule is CCCCCCCCN=C(N)NCCNC(=O)c1ccc(O)cc1. The lowest BCUT2D eigenvalue weighted by atomic mass is 10.1. The molecular formula is C18H30N4O2. The number of rotatable bonds is 11. The highest BCUT2D eigenvalue weighted by Crippen LogP contribution is 2.09. The number of unbranched alkanes of at least 4 members (excludes halogenated alkanes) is 5. The Bertz CT molecular complexity index is 500. The number of aliphatic imine (C=N–C) groups is 1. The van der Waals surface area contributed by atoms with E-state index in [1.807, 2.05) is 0 Å². The number of aromatic hydroxyl groups is 1. The average molecular weight is 334 g/mol. The van der Waals surface area contributed by atoms with Crippen molar-refractivity contribution in [2.45, 2.75) is 45.4 Å². The van der Waals surface area contributed by atoms with Crippen LogP contribution in [-0.4, -0.2) is 36.6 Å². The van der Waals surface area contributed by atoms with Crippen molar-refractivity contribution in [3.05, 3.63) is 29.8 Å². The molecule has 0 heterocycles. The minimum Gasteiger partial charge on any atom is -0.508 e. The summed E-state index contributed by atoms with van der Waals surface area (Å²) >= 11 is 0. The van der Waals surface area contributed by atoms with E-state index in [1.165, 1.54) is 44.2 Å². The number of phenols is 1. The summed E-state index contributed by atoms with van der Waals surface area (Å²) < 4.78 is 0. The molecule has 1 rings (SSSR count). The molecule has 6 nitrogen and oxygen atoms in total. The van der Waals surface area contributed by atoms with E-state index < -0.39 is 0 Å². The zero-order chi connectivity index (χ0) is 17.6. The van der Waals surface area contributed by atoms with Crippen molar-refractivity contribution in [2.24, 2.45) is 10.7 Å². The number of guanidine groups is 1. The second-order valence-corrected chi connectivity index (χ2v) is 5.76. The van der Waals surface area contributed by atoms with E-state index in [0.717, 1.165) is 13.0 Å². The van der Waals surface area contributed by atoms with Crippen LogP contribution >= 0.6 is 0 Å². The molecule has 0 saturated carbocycles. The Kier molecular flexibility index (Phi) is 10.1. The molecule has 0 radical (unpaired) electrons. The molecule has 6 heteroatoms. The van der Waals surface area contributed by atoms with E-state index in [4.69, 9.17) is 5.73 Å². The molecular weight excluding hydrogens is 304 g/mol. The number of nitrogens with two attached hydrogens (primary N) is 1. The topological polar surface area (TPSA) is 99.7 Å². The Morgan fingerprint density at radius 2 is 1.67 bits per heavy atom. The first-order valence-electron chi connectivity index (χ1n) is 8.74. The van der Waals surface area contributed by atoms with Crippen molar-refractivity contribution >= 4 is 11.9 Å². The highest BCUT2D eigenvalue weighted by atomic mass is 16.3. The molecule has 1 aromatic rings. The van der Waals surface area contributed by atoms with Crippen molar-refractivity contribution in [1.29, 1.82) is 0 Å². The largest absolute Gasteiger partial charge is 0.508 e. The quantitative estimate of drug-likeness (QED) is 0.284. The third-order valence-electron chi connectivity index (χ3n) is 3.64. The van der Waals surface area contributed by atoms with Gasteiger partial charge >= 0.3 is 0 Å². The van der Waals surface area contributed by atoms with Crippen LogP contribution in [0.25, 0.3) is 0 Å². The molecule has 0 atom stereocenters. The third-order valence-corrected chi connectivity index (χ3v) is 3.64. The number of carbonyl (C=O) groups excluding carboxylic acids is 1. The van der Waals surface area contributed by atoms with Crippen LogP contribution in [-0.2, 0) is 0 Å². The van der Waals surface area contributed by atoms with Crippen molar-refractivity contribution in [2.75, 3.05) is 19.6 Å². The number of benzene rings is 1. The molecule has 0 aromatic heterocycles.